The topological polar surface area (TPSA) is 45.6 Å². The van der Waals surface area contributed by atoms with Gasteiger partial charge in [0.2, 0.25) is 5.88 Å². The number of aryl methyl sites for hydroxylation is 1. The van der Waals surface area contributed by atoms with E-state index in [-0.39, 0.29) is 17.8 Å². The minimum atomic E-state index is -0.224. The SMILES string of the molecule is CCCN(CCO)CC1(COc2ccc3c(CC)c(CC)c(C)c(F)c3n2)CC1. The molecular weight excluding hydrogens is 367 g/mol. The molecule has 0 atom stereocenters. The van der Waals surface area contributed by atoms with Gasteiger partial charge in [-0.2, -0.15) is 0 Å². The molecule has 2 aromatic rings. The Morgan fingerprint density at radius 1 is 1.14 bits per heavy atom. The number of nitrogens with zero attached hydrogens (tertiary/aromatic N) is 2. The van der Waals surface area contributed by atoms with Crippen molar-refractivity contribution in [3.8, 4) is 5.88 Å². The standard InChI is InChI=1S/C24H35FN2O2/c1-5-12-27(13-14-28)15-24(10-11-24)16-29-21-9-8-20-19(7-3)18(6-2)17(4)22(25)23(20)26-21/h8-9,28H,5-7,10-16H2,1-4H3. The van der Waals surface area contributed by atoms with E-state index in [0.29, 0.717) is 30.1 Å². The molecule has 1 saturated carbocycles. The molecule has 3 rings (SSSR count). The summed E-state index contributed by atoms with van der Waals surface area (Å²) in [5, 5.41) is 10.2. The van der Waals surface area contributed by atoms with E-state index in [9.17, 15) is 5.11 Å². The fourth-order valence-electron chi connectivity index (χ4n) is 4.47. The largest absolute Gasteiger partial charge is 0.477 e. The molecule has 160 valence electrons. The first-order valence-corrected chi connectivity index (χ1v) is 11.0. The Morgan fingerprint density at radius 3 is 2.45 bits per heavy atom. The number of pyridine rings is 1. The van der Waals surface area contributed by atoms with E-state index in [1.165, 1.54) is 5.56 Å². The molecule has 1 fully saturated rings. The molecule has 0 radical (unpaired) electrons. The lowest BCUT2D eigenvalue weighted by Gasteiger charge is -2.26. The maximum absolute atomic E-state index is 15.0. The second-order valence-corrected chi connectivity index (χ2v) is 8.44. The van der Waals surface area contributed by atoms with Crippen LogP contribution in [-0.2, 0) is 12.8 Å². The zero-order valence-electron chi connectivity index (χ0n) is 18.4. The van der Waals surface area contributed by atoms with Crippen molar-refractivity contribution in [3.05, 3.63) is 34.6 Å². The van der Waals surface area contributed by atoms with Gasteiger partial charge in [0.05, 0.1) is 13.2 Å². The summed E-state index contributed by atoms with van der Waals surface area (Å²) >= 11 is 0. The van der Waals surface area contributed by atoms with Crippen LogP contribution in [0.5, 0.6) is 5.88 Å². The number of fused-ring (bicyclic) bond motifs is 1. The molecule has 0 saturated heterocycles. The number of ether oxygens (including phenoxy) is 1. The Balaban J connectivity index is 1.78. The summed E-state index contributed by atoms with van der Waals surface area (Å²) in [6.07, 6.45) is 5.01. The molecular formula is C24H35FN2O2. The smallest absolute Gasteiger partial charge is 0.213 e. The van der Waals surface area contributed by atoms with Crippen LogP contribution in [0.3, 0.4) is 0 Å². The molecule has 1 N–H and O–H groups in total. The molecule has 4 nitrogen and oxygen atoms in total. The predicted molar refractivity (Wildman–Crippen MR) is 116 cm³/mol. The van der Waals surface area contributed by atoms with Crippen LogP contribution in [0.15, 0.2) is 12.1 Å². The van der Waals surface area contributed by atoms with E-state index >= 15 is 4.39 Å². The molecule has 5 heteroatoms. The van der Waals surface area contributed by atoms with Crippen molar-refractivity contribution in [3.63, 3.8) is 0 Å². The van der Waals surface area contributed by atoms with Gasteiger partial charge in [0, 0.05) is 30.0 Å². The zero-order chi connectivity index (χ0) is 21.0. The fourth-order valence-corrected chi connectivity index (χ4v) is 4.47. The number of rotatable bonds is 11. The van der Waals surface area contributed by atoms with Gasteiger partial charge in [-0.1, -0.05) is 20.8 Å². The Morgan fingerprint density at radius 2 is 1.86 bits per heavy atom. The maximum Gasteiger partial charge on any atom is 0.213 e. The summed E-state index contributed by atoms with van der Waals surface area (Å²) in [6, 6.07) is 3.84. The highest BCUT2D eigenvalue weighted by Gasteiger charge is 2.44. The molecule has 1 aromatic heterocycles. The van der Waals surface area contributed by atoms with Crippen LogP contribution in [0.25, 0.3) is 10.9 Å². The molecule has 0 amide bonds. The third-order valence-electron chi connectivity index (χ3n) is 6.25. The maximum atomic E-state index is 15.0. The number of aliphatic hydroxyl groups excluding tert-OH is 1. The Hall–Kier alpha value is -1.72. The summed E-state index contributed by atoms with van der Waals surface area (Å²) in [5.74, 6) is 0.273. The van der Waals surface area contributed by atoms with Crippen molar-refractivity contribution in [2.45, 2.75) is 59.8 Å². The van der Waals surface area contributed by atoms with Crippen molar-refractivity contribution in [2.75, 3.05) is 32.8 Å². The molecule has 1 heterocycles. The lowest BCUT2D eigenvalue weighted by molar-refractivity contribution is 0.135. The van der Waals surface area contributed by atoms with Gasteiger partial charge in [-0.3, -0.25) is 0 Å². The first-order valence-electron chi connectivity index (χ1n) is 11.0. The summed E-state index contributed by atoms with van der Waals surface area (Å²) in [4.78, 5) is 6.86. The van der Waals surface area contributed by atoms with Crippen molar-refractivity contribution in [1.82, 2.24) is 9.88 Å². The molecule has 0 spiro atoms. The van der Waals surface area contributed by atoms with E-state index in [0.717, 1.165) is 56.1 Å². The molecule has 1 aromatic carbocycles. The van der Waals surface area contributed by atoms with Crippen LogP contribution in [-0.4, -0.2) is 47.8 Å². The van der Waals surface area contributed by atoms with Gasteiger partial charge in [0.15, 0.2) is 5.82 Å². The minimum Gasteiger partial charge on any atom is -0.477 e. The van der Waals surface area contributed by atoms with E-state index in [4.69, 9.17) is 4.74 Å². The molecule has 0 unspecified atom stereocenters. The lowest BCUT2D eigenvalue weighted by Crippen LogP contribution is -2.36. The number of hydrogen-bond donors (Lipinski definition) is 1. The zero-order valence-corrected chi connectivity index (χ0v) is 18.4. The summed E-state index contributed by atoms with van der Waals surface area (Å²) < 4.78 is 21.1. The fraction of sp³-hybridized carbons (Fsp3) is 0.625. The summed E-state index contributed by atoms with van der Waals surface area (Å²) in [6.45, 7) is 11.6. The Bertz CT molecular complexity index is 843. The highest BCUT2D eigenvalue weighted by atomic mass is 19.1. The lowest BCUT2D eigenvalue weighted by atomic mass is 9.93. The van der Waals surface area contributed by atoms with Crippen LogP contribution < -0.4 is 4.74 Å². The van der Waals surface area contributed by atoms with Crippen LogP contribution >= 0.6 is 0 Å². The number of aliphatic hydroxyl groups is 1. The number of hydrogen-bond acceptors (Lipinski definition) is 4. The average Bonchev–Trinajstić information content (AvgIpc) is 3.49. The molecule has 0 bridgehead atoms. The van der Waals surface area contributed by atoms with E-state index in [1.54, 1.807) is 0 Å². The molecule has 29 heavy (non-hydrogen) atoms. The Kier molecular flexibility index (Phi) is 7.12. The first-order chi connectivity index (χ1) is 14.0. The van der Waals surface area contributed by atoms with E-state index in [1.807, 2.05) is 19.1 Å². The second-order valence-electron chi connectivity index (χ2n) is 8.44. The number of benzene rings is 1. The van der Waals surface area contributed by atoms with Gasteiger partial charge in [-0.15, -0.1) is 0 Å². The summed E-state index contributed by atoms with van der Waals surface area (Å²) in [7, 11) is 0. The van der Waals surface area contributed by atoms with Crippen LogP contribution in [0.2, 0.25) is 0 Å². The van der Waals surface area contributed by atoms with Gasteiger partial charge >= 0.3 is 0 Å². The van der Waals surface area contributed by atoms with Crippen molar-refractivity contribution < 1.29 is 14.2 Å². The third kappa shape index (κ3) is 4.72. The highest BCUT2D eigenvalue weighted by molar-refractivity contribution is 5.85. The van der Waals surface area contributed by atoms with Crippen LogP contribution in [0, 0.1) is 18.2 Å². The van der Waals surface area contributed by atoms with Crippen molar-refractivity contribution in [1.29, 1.82) is 0 Å². The quantitative estimate of drug-likeness (QED) is 0.593. The normalized spacial score (nSPS) is 15.3. The predicted octanol–water partition coefficient (Wildman–Crippen LogP) is 4.67. The van der Waals surface area contributed by atoms with Gasteiger partial charge in [-0.25, -0.2) is 9.37 Å². The van der Waals surface area contributed by atoms with Crippen molar-refractivity contribution >= 4 is 10.9 Å². The van der Waals surface area contributed by atoms with Crippen molar-refractivity contribution in [2.24, 2.45) is 5.41 Å². The van der Waals surface area contributed by atoms with Gasteiger partial charge < -0.3 is 14.7 Å². The Labute approximate surface area is 174 Å². The van der Waals surface area contributed by atoms with E-state index < -0.39 is 0 Å². The monoisotopic (exact) mass is 402 g/mol. The van der Waals surface area contributed by atoms with Gasteiger partial charge in [0.1, 0.15) is 5.52 Å². The van der Waals surface area contributed by atoms with Crippen LogP contribution in [0.4, 0.5) is 4.39 Å². The number of aromatic nitrogens is 1. The molecule has 1 aliphatic rings. The molecule has 0 aliphatic heterocycles. The first kappa shape index (κ1) is 22.0. The average molecular weight is 403 g/mol. The van der Waals surface area contributed by atoms with E-state index in [2.05, 4.69) is 30.7 Å². The summed E-state index contributed by atoms with van der Waals surface area (Å²) in [5.41, 5.74) is 3.56. The third-order valence-corrected chi connectivity index (χ3v) is 6.25. The van der Waals surface area contributed by atoms with Gasteiger partial charge in [0.25, 0.3) is 0 Å². The van der Waals surface area contributed by atoms with Gasteiger partial charge in [-0.05, 0) is 68.3 Å². The molecule has 1 aliphatic carbocycles. The second kappa shape index (κ2) is 9.40. The van der Waals surface area contributed by atoms with Crippen LogP contribution in [0.1, 0.15) is 56.7 Å². The highest BCUT2D eigenvalue weighted by Crippen LogP contribution is 2.46. The number of halogens is 1. The minimum absolute atomic E-state index is 0.135.